The van der Waals surface area contributed by atoms with Crippen molar-refractivity contribution in [3.05, 3.63) is 35.9 Å². The van der Waals surface area contributed by atoms with Gasteiger partial charge in [-0.3, -0.25) is 9.67 Å². The minimum atomic E-state index is 0. The van der Waals surface area contributed by atoms with Gasteiger partial charge >= 0.3 is 0 Å². The topological polar surface area (TPSA) is 76.8 Å². The molecular weight excluding hydrogens is 447 g/mol. The molecule has 0 aliphatic heterocycles. The van der Waals surface area contributed by atoms with Gasteiger partial charge < -0.3 is 19.7 Å². The van der Waals surface area contributed by atoms with Crippen molar-refractivity contribution >= 4 is 29.9 Å². The van der Waals surface area contributed by atoms with Crippen molar-refractivity contribution in [2.75, 3.05) is 34.9 Å². The van der Waals surface area contributed by atoms with Gasteiger partial charge in [0.15, 0.2) is 17.5 Å². The Morgan fingerprint density at radius 1 is 1.27 bits per heavy atom. The highest BCUT2D eigenvalue weighted by molar-refractivity contribution is 14.0. The number of aromatic nitrogens is 3. The van der Waals surface area contributed by atoms with Crippen molar-refractivity contribution in [3.8, 4) is 11.5 Å². The van der Waals surface area contributed by atoms with Gasteiger partial charge in [0.05, 0.1) is 20.8 Å². The number of aryl methyl sites for hydroxylation is 1. The molecule has 0 saturated heterocycles. The van der Waals surface area contributed by atoms with Crippen molar-refractivity contribution < 1.29 is 9.47 Å². The molecule has 0 spiro atoms. The third-order valence-electron chi connectivity index (χ3n) is 3.97. The maximum atomic E-state index is 5.35. The molecule has 2 rings (SSSR count). The number of likely N-dealkylation sites (N-methyl/N-ethyl adjacent to an activating group) is 1. The van der Waals surface area contributed by atoms with Crippen LogP contribution < -0.4 is 14.8 Å². The molecule has 1 heterocycles. The number of ether oxygens (including phenoxy) is 2. The Morgan fingerprint density at radius 2 is 2.00 bits per heavy atom. The molecule has 0 saturated carbocycles. The fraction of sp³-hybridized carbons (Fsp3) is 0.471. The van der Waals surface area contributed by atoms with E-state index in [-0.39, 0.29) is 24.0 Å². The zero-order chi connectivity index (χ0) is 18.2. The van der Waals surface area contributed by atoms with Gasteiger partial charge in [-0.15, -0.1) is 24.0 Å². The van der Waals surface area contributed by atoms with Crippen molar-refractivity contribution in [2.24, 2.45) is 12.0 Å². The number of hydrogen-bond acceptors (Lipinski definition) is 5. The average molecular weight is 474 g/mol. The van der Waals surface area contributed by atoms with Gasteiger partial charge in [0.1, 0.15) is 12.2 Å². The first-order chi connectivity index (χ1) is 12.1. The first kappa shape index (κ1) is 22.0. The average Bonchev–Trinajstić information content (AvgIpc) is 3.05. The molecule has 2 aromatic rings. The monoisotopic (exact) mass is 474 g/mol. The second kappa shape index (κ2) is 10.8. The van der Waals surface area contributed by atoms with E-state index in [0.29, 0.717) is 6.54 Å². The first-order valence-corrected chi connectivity index (χ1v) is 8.04. The summed E-state index contributed by atoms with van der Waals surface area (Å²) >= 11 is 0. The van der Waals surface area contributed by atoms with E-state index >= 15 is 0 Å². The Kier molecular flexibility index (Phi) is 9.17. The smallest absolute Gasteiger partial charge is 0.193 e. The van der Waals surface area contributed by atoms with E-state index in [2.05, 4.69) is 25.3 Å². The lowest BCUT2D eigenvalue weighted by Gasteiger charge is -2.22. The lowest BCUT2D eigenvalue weighted by molar-refractivity contribution is 0.354. The highest BCUT2D eigenvalue weighted by Crippen LogP contribution is 2.27. The number of methoxy groups -OCH3 is 2. The van der Waals surface area contributed by atoms with Crippen molar-refractivity contribution in [2.45, 2.75) is 13.0 Å². The third-order valence-corrected chi connectivity index (χ3v) is 3.97. The van der Waals surface area contributed by atoms with E-state index in [0.717, 1.165) is 36.2 Å². The summed E-state index contributed by atoms with van der Waals surface area (Å²) in [4.78, 5) is 10.6. The predicted octanol–water partition coefficient (Wildman–Crippen LogP) is 1.70. The molecular formula is C17H27IN6O2. The number of nitrogens with one attached hydrogen (secondary N) is 1. The second-order valence-electron chi connectivity index (χ2n) is 5.56. The van der Waals surface area contributed by atoms with Gasteiger partial charge in [0.25, 0.3) is 0 Å². The fourth-order valence-electron chi connectivity index (χ4n) is 2.46. The summed E-state index contributed by atoms with van der Waals surface area (Å²) in [5.41, 5.74) is 1.17. The Bertz CT molecular complexity index is 719. The molecule has 0 aliphatic carbocycles. The summed E-state index contributed by atoms with van der Waals surface area (Å²) in [6.45, 7) is 1.39. The largest absolute Gasteiger partial charge is 0.493 e. The quantitative estimate of drug-likeness (QED) is 0.374. The molecule has 0 radical (unpaired) electrons. The summed E-state index contributed by atoms with van der Waals surface area (Å²) in [6.07, 6.45) is 2.40. The summed E-state index contributed by atoms with van der Waals surface area (Å²) in [6, 6.07) is 5.97. The van der Waals surface area contributed by atoms with Crippen molar-refractivity contribution in [3.63, 3.8) is 0 Å². The molecule has 0 unspecified atom stereocenters. The van der Waals surface area contributed by atoms with Crippen LogP contribution in [0.2, 0.25) is 0 Å². The van der Waals surface area contributed by atoms with Gasteiger partial charge in [-0.25, -0.2) is 4.98 Å². The molecule has 0 aliphatic rings. The summed E-state index contributed by atoms with van der Waals surface area (Å²) < 4.78 is 12.4. The molecule has 0 atom stereocenters. The summed E-state index contributed by atoms with van der Waals surface area (Å²) in [5.74, 6) is 3.14. The van der Waals surface area contributed by atoms with Gasteiger partial charge in [-0.05, 0) is 24.1 Å². The van der Waals surface area contributed by atoms with Gasteiger partial charge in [0, 0.05) is 27.7 Å². The Hall–Kier alpha value is -2.04. The van der Waals surface area contributed by atoms with Gasteiger partial charge in [0.2, 0.25) is 0 Å². The highest BCUT2D eigenvalue weighted by atomic mass is 127. The molecule has 1 aromatic heterocycles. The van der Waals surface area contributed by atoms with Crippen LogP contribution in [0.15, 0.2) is 29.5 Å². The standard InChI is InChI=1S/C17H26N6O2.HI/c1-18-17(19-11-16-20-12-21-23(16)3)22(2)9-8-13-6-7-14(24-4)15(10-13)25-5;/h6-7,10,12H,8-9,11H2,1-5H3,(H,18,19);1H. The minimum Gasteiger partial charge on any atom is -0.493 e. The predicted molar refractivity (Wildman–Crippen MR) is 112 cm³/mol. The van der Waals surface area contributed by atoms with E-state index in [1.165, 1.54) is 5.56 Å². The van der Waals surface area contributed by atoms with Crippen molar-refractivity contribution in [1.29, 1.82) is 0 Å². The maximum absolute atomic E-state index is 5.35. The van der Waals surface area contributed by atoms with Crippen molar-refractivity contribution in [1.82, 2.24) is 25.0 Å². The number of hydrogen-bond donors (Lipinski definition) is 1. The Balaban J connectivity index is 0.00000338. The number of guanidine groups is 1. The second-order valence-corrected chi connectivity index (χ2v) is 5.56. The molecule has 0 bridgehead atoms. The first-order valence-electron chi connectivity index (χ1n) is 8.04. The SMILES string of the molecule is CN=C(NCc1ncnn1C)N(C)CCc1ccc(OC)c(OC)c1.I. The van der Waals surface area contributed by atoms with E-state index < -0.39 is 0 Å². The van der Waals surface area contributed by atoms with E-state index in [4.69, 9.17) is 9.47 Å². The molecule has 1 N–H and O–H groups in total. The number of halogens is 1. The lowest BCUT2D eigenvalue weighted by atomic mass is 10.1. The van der Waals surface area contributed by atoms with Crippen LogP contribution in [-0.2, 0) is 20.0 Å². The molecule has 0 amide bonds. The van der Waals surface area contributed by atoms with E-state index in [9.17, 15) is 0 Å². The molecule has 1 aromatic carbocycles. The molecule has 8 nitrogen and oxygen atoms in total. The van der Waals surface area contributed by atoms with Gasteiger partial charge in [-0.2, -0.15) is 5.10 Å². The number of aliphatic imine (C=N–C) groups is 1. The number of nitrogens with zero attached hydrogens (tertiary/aromatic N) is 5. The maximum Gasteiger partial charge on any atom is 0.193 e. The Labute approximate surface area is 171 Å². The molecule has 26 heavy (non-hydrogen) atoms. The van der Waals surface area contributed by atoms with E-state index in [1.807, 2.05) is 32.3 Å². The molecule has 144 valence electrons. The highest BCUT2D eigenvalue weighted by Gasteiger charge is 2.09. The zero-order valence-corrected chi connectivity index (χ0v) is 18.2. The third kappa shape index (κ3) is 5.75. The van der Waals surface area contributed by atoms with Crippen LogP contribution in [0.1, 0.15) is 11.4 Å². The fourth-order valence-corrected chi connectivity index (χ4v) is 2.46. The molecule has 0 fully saturated rings. The van der Waals surface area contributed by atoms with E-state index in [1.54, 1.807) is 32.3 Å². The van der Waals surface area contributed by atoms with Gasteiger partial charge in [-0.1, -0.05) is 6.07 Å². The lowest BCUT2D eigenvalue weighted by Crippen LogP contribution is -2.40. The zero-order valence-electron chi connectivity index (χ0n) is 15.9. The summed E-state index contributed by atoms with van der Waals surface area (Å²) in [5, 5.41) is 7.36. The normalized spacial score (nSPS) is 10.9. The van der Waals surface area contributed by atoms with Crippen LogP contribution in [0, 0.1) is 0 Å². The van der Waals surface area contributed by atoms with Crippen LogP contribution in [0.4, 0.5) is 0 Å². The van der Waals surface area contributed by atoms with Crippen LogP contribution in [0.3, 0.4) is 0 Å². The van der Waals surface area contributed by atoms with Crippen LogP contribution in [-0.4, -0.2) is 60.5 Å². The van der Waals surface area contributed by atoms with Crippen LogP contribution >= 0.6 is 24.0 Å². The minimum absolute atomic E-state index is 0. The van der Waals surface area contributed by atoms with Crippen LogP contribution in [0.5, 0.6) is 11.5 Å². The number of benzene rings is 1. The van der Waals surface area contributed by atoms with Crippen LogP contribution in [0.25, 0.3) is 0 Å². The Morgan fingerprint density at radius 3 is 2.58 bits per heavy atom. The summed E-state index contributed by atoms with van der Waals surface area (Å²) in [7, 11) is 8.93. The number of rotatable bonds is 7. The molecule has 9 heteroatoms.